The van der Waals surface area contributed by atoms with Crippen LogP contribution in [0.1, 0.15) is 31.4 Å². The van der Waals surface area contributed by atoms with Crippen LogP contribution >= 0.6 is 0 Å². The van der Waals surface area contributed by atoms with Gasteiger partial charge in [0.15, 0.2) is 0 Å². The molecule has 1 atom stereocenters. The molecule has 0 amide bonds. The highest BCUT2D eigenvalue weighted by molar-refractivity contribution is 5.75. The highest BCUT2D eigenvalue weighted by Gasteiger charge is 2.46. The molecule has 0 bridgehead atoms. The van der Waals surface area contributed by atoms with Crippen molar-refractivity contribution in [2.24, 2.45) is 11.3 Å². The molecule has 0 aliphatic carbocycles. The molecule has 0 saturated carbocycles. The maximum atomic E-state index is 11.6. The number of benzene rings is 1. The molecule has 1 unspecified atom stereocenters. The molecule has 1 fully saturated rings. The molecule has 2 rings (SSSR count). The van der Waals surface area contributed by atoms with Gasteiger partial charge in [-0.05, 0) is 30.0 Å². The maximum absolute atomic E-state index is 11.6. The highest BCUT2D eigenvalue weighted by atomic mass is 16.4. The van der Waals surface area contributed by atoms with Gasteiger partial charge in [0.05, 0.1) is 12.0 Å². The molecule has 0 radical (unpaired) electrons. The SMILES string of the molecule is CC(C)C1(C(=O)O)CCN(Cc2ccc(CO)cc2)C1. The van der Waals surface area contributed by atoms with E-state index in [0.29, 0.717) is 13.0 Å². The normalized spacial score (nSPS) is 23.4. The van der Waals surface area contributed by atoms with Gasteiger partial charge >= 0.3 is 5.97 Å². The van der Waals surface area contributed by atoms with Crippen LogP contribution in [0.15, 0.2) is 24.3 Å². The second-order valence-corrected chi connectivity index (χ2v) is 6.05. The monoisotopic (exact) mass is 277 g/mol. The fourth-order valence-electron chi connectivity index (χ4n) is 2.95. The second-order valence-electron chi connectivity index (χ2n) is 6.05. The maximum Gasteiger partial charge on any atom is 0.311 e. The molecule has 4 heteroatoms. The van der Waals surface area contributed by atoms with E-state index in [0.717, 1.165) is 24.2 Å². The summed E-state index contributed by atoms with van der Waals surface area (Å²) < 4.78 is 0. The molecule has 1 aromatic rings. The van der Waals surface area contributed by atoms with Crippen molar-refractivity contribution in [2.45, 2.75) is 33.4 Å². The Labute approximate surface area is 120 Å². The number of hydrogen-bond donors (Lipinski definition) is 2. The third-order valence-electron chi connectivity index (χ3n) is 4.52. The first-order valence-corrected chi connectivity index (χ1v) is 7.12. The van der Waals surface area contributed by atoms with Crippen LogP contribution in [-0.4, -0.2) is 34.2 Å². The van der Waals surface area contributed by atoms with Gasteiger partial charge in [-0.3, -0.25) is 9.69 Å². The number of carboxylic acid groups (broad SMARTS) is 1. The van der Waals surface area contributed by atoms with E-state index in [1.54, 1.807) is 0 Å². The summed E-state index contributed by atoms with van der Waals surface area (Å²) in [5.41, 5.74) is 1.45. The minimum atomic E-state index is -0.675. The van der Waals surface area contributed by atoms with E-state index >= 15 is 0 Å². The molecule has 0 spiro atoms. The van der Waals surface area contributed by atoms with Crippen molar-refractivity contribution in [3.8, 4) is 0 Å². The van der Waals surface area contributed by atoms with Gasteiger partial charge in [0.1, 0.15) is 0 Å². The summed E-state index contributed by atoms with van der Waals surface area (Å²) in [5, 5.41) is 18.6. The van der Waals surface area contributed by atoms with Gasteiger partial charge in [-0.15, -0.1) is 0 Å². The highest BCUT2D eigenvalue weighted by Crippen LogP contribution is 2.38. The number of aliphatic carboxylic acids is 1. The molecule has 1 aliphatic rings. The summed E-state index contributed by atoms with van der Waals surface area (Å²) in [6.45, 7) is 6.25. The summed E-state index contributed by atoms with van der Waals surface area (Å²) in [4.78, 5) is 13.8. The minimum absolute atomic E-state index is 0.0550. The smallest absolute Gasteiger partial charge is 0.311 e. The van der Waals surface area contributed by atoms with Crippen LogP contribution in [0.3, 0.4) is 0 Å². The zero-order chi connectivity index (χ0) is 14.8. The van der Waals surface area contributed by atoms with Gasteiger partial charge in [0.25, 0.3) is 0 Å². The number of hydrogen-bond acceptors (Lipinski definition) is 3. The van der Waals surface area contributed by atoms with Crippen molar-refractivity contribution in [3.05, 3.63) is 35.4 Å². The quantitative estimate of drug-likeness (QED) is 0.865. The number of aliphatic hydroxyl groups excluding tert-OH is 1. The topological polar surface area (TPSA) is 60.8 Å². The number of carboxylic acids is 1. The molecule has 0 aromatic heterocycles. The molecule has 1 aromatic carbocycles. The van der Waals surface area contributed by atoms with Crippen LogP contribution in [0.4, 0.5) is 0 Å². The van der Waals surface area contributed by atoms with Crippen LogP contribution in [0.5, 0.6) is 0 Å². The second kappa shape index (κ2) is 5.94. The van der Waals surface area contributed by atoms with E-state index in [-0.39, 0.29) is 12.5 Å². The van der Waals surface area contributed by atoms with Crippen molar-refractivity contribution < 1.29 is 15.0 Å². The Hall–Kier alpha value is -1.39. The van der Waals surface area contributed by atoms with E-state index in [4.69, 9.17) is 5.11 Å². The van der Waals surface area contributed by atoms with Crippen LogP contribution in [0.2, 0.25) is 0 Å². The number of carbonyl (C=O) groups is 1. The first kappa shape index (κ1) is 15.0. The Morgan fingerprint density at radius 2 is 1.90 bits per heavy atom. The van der Waals surface area contributed by atoms with Gasteiger partial charge in [-0.1, -0.05) is 38.1 Å². The standard InChI is InChI=1S/C16H23NO3/c1-12(2)16(15(19)20)7-8-17(11-16)9-13-3-5-14(10-18)6-4-13/h3-6,12,18H,7-11H2,1-2H3,(H,19,20). The van der Waals surface area contributed by atoms with Crippen LogP contribution in [0, 0.1) is 11.3 Å². The lowest BCUT2D eigenvalue weighted by Crippen LogP contribution is -2.39. The van der Waals surface area contributed by atoms with Crippen LogP contribution < -0.4 is 0 Å². The van der Waals surface area contributed by atoms with Crippen LogP contribution in [-0.2, 0) is 17.9 Å². The van der Waals surface area contributed by atoms with Crippen molar-refractivity contribution in [1.82, 2.24) is 4.90 Å². The lowest BCUT2D eigenvalue weighted by atomic mass is 9.76. The van der Waals surface area contributed by atoms with Crippen LogP contribution in [0.25, 0.3) is 0 Å². The molecule has 110 valence electrons. The predicted octanol–water partition coefficient (Wildman–Crippen LogP) is 2.11. The molecule has 4 nitrogen and oxygen atoms in total. The molecule has 1 aliphatic heterocycles. The zero-order valence-corrected chi connectivity index (χ0v) is 12.2. The Balaban J connectivity index is 2.03. The molecular formula is C16H23NO3. The average molecular weight is 277 g/mol. The van der Waals surface area contributed by atoms with Crippen molar-refractivity contribution >= 4 is 5.97 Å². The summed E-state index contributed by atoms with van der Waals surface area (Å²) in [7, 11) is 0. The first-order chi connectivity index (χ1) is 9.48. The van der Waals surface area contributed by atoms with Gasteiger partial charge in [-0.2, -0.15) is 0 Å². The predicted molar refractivity (Wildman–Crippen MR) is 77.2 cm³/mol. The van der Waals surface area contributed by atoms with Gasteiger partial charge in [-0.25, -0.2) is 0 Å². The van der Waals surface area contributed by atoms with Crippen molar-refractivity contribution in [2.75, 3.05) is 13.1 Å². The molecule has 1 saturated heterocycles. The Bertz CT molecular complexity index is 469. The van der Waals surface area contributed by atoms with E-state index in [1.165, 1.54) is 0 Å². The van der Waals surface area contributed by atoms with E-state index < -0.39 is 11.4 Å². The summed E-state index contributed by atoms with van der Waals surface area (Å²) in [6, 6.07) is 7.83. The number of nitrogens with zero attached hydrogens (tertiary/aromatic N) is 1. The number of rotatable bonds is 5. The van der Waals surface area contributed by atoms with E-state index in [2.05, 4.69) is 4.90 Å². The van der Waals surface area contributed by atoms with Gasteiger partial charge < -0.3 is 10.2 Å². The third-order valence-corrected chi connectivity index (χ3v) is 4.52. The Morgan fingerprint density at radius 3 is 2.35 bits per heavy atom. The van der Waals surface area contributed by atoms with Gasteiger partial charge in [0.2, 0.25) is 0 Å². The fraction of sp³-hybridized carbons (Fsp3) is 0.562. The molecule has 2 N–H and O–H groups in total. The van der Waals surface area contributed by atoms with Crippen molar-refractivity contribution in [3.63, 3.8) is 0 Å². The molecule has 20 heavy (non-hydrogen) atoms. The zero-order valence-electron chi connectivity index (χ0n) is 12.2. The summed E-state index contributed by atoms with van der Waals surface area (Å²) >= 11 is 0. The van der Waals surface area contributed by atoms with E-state index in [1.807, 2.05) is 38.1 Å². The average Bonchev–Trinajstić information content (AvgIpc) is 2.85. The third kappa shape index (κ3) is 2.86. The summed E-state index contributed by atoms with van der Waals surface area (Å²) in [5.74, 6) is -0.535. The first-order valence-electron chi connectivity index (χ1n) is 7.12. The number of aliphatic hydroxyl groups is 1. The lowest BCUT2D eigenvalue weighted by Gasteiger charge is -2.28. The number of likely N-dealkylation sites (tertiary alicyclic amines) is 1. The van der Waals surface area contributed by atoms with E-state index in [9.17, 15) is 9.90 Å². The molecular weight excluding hydrogens is 254 g/mol. The largest absolute Gasteiger partial charge is 0.481 e. The fourth-order valence-corrected chi connectivity index (χ4v) is 2.95. The minimum Gasteiger partial charge on any atom is -0.481 e. The Morgan fingerprint density at radius 1 is 1.30 bits per heavy atom. The molecule has 1 heterocycles. The van der Waals surface area contributed by atoms with Gasteiger partial charge in [0, 0.05) is 13.1 Å². The lowest BCUT2D eigenvalue weighted by molar-refractivity contribution is -0.151. The Kier molecular flexibility index (Phi) is 4.45. The van der Waals surface area contributed by atoms with Crippen molar-refractivity contribution in [1.29, 1.82) is 0 Å². The summed E-state index contributed by atoms with van der Waals surface area (Å²) in [6.07, 6.45) is 0.717.